The van der Waals surface area contributed by atoms with Gasteiger partial charge in [0, 0.05) is 38.2 Å². The molecule has 1 aromatic carbocycles. The number of hydrogen-bond donors (Lipinski definition) is 0. The molecule has 0 bridgehead atoms. The number of aryl methyl sites for hydroxylation is 1. The fourth-order valence-corrected chi connectivity index (χ4v) is 3.26. The summed E-state index contributed by atoms with van der Waals surface area (Å²) >= 11 is 0. The van der Waals surface area contributed by atoms with Gasteiger partial charge in [-0.05, 0) is 25.1 Å². The van der Waals surface area contributed by atoms with E-state index in [0.717, 1.165) is 25.3 Å². The molecule has 138 valence electrons. The number of aromatic nitrogens is 2. The van der Waals surface area contributed by atoms with Gasteiger partial charge < -0.3 is 18.9 Å². The van der Waals surface area contributed by atoms with Gasteiger partial charge in [-0.2, -0.15) is 4.98 Å². The van der Waals surface area contributed by atoms with Crippen molar-refractivity contribution in [2.24, 2.45) is 0 Å². The molecule has 8 nitrogen and oxygen atoms in total. The van der Waals surface area contributed by atoms with Crippen LogP contribution >= 0.6 is 0 Å². The highest BCUT2D eigenvalue weighted by Crippen LogP contribution is 2.33. The van der Waals surface area contributed by atoms with Crippen LogP contribution in [-0.4, -0.2) is 58.8 Å². The smallest absolute Gasteiger partial charge is 0.254 e. The summed E-state index contributed by atoms with van der Waals surface area (Å²) < 4.78 is 16.0. The summed E-state index contributed by atoms with van der Waals surface area (Å²) in [5.41, 5.74) is 0.625. The van der Waals surface area contributed by atoms with E-state index in [4.69, 9.17) is 14.0 Å². The molecule has 1 saturated heterocycles. The van der Waals surface area contributed by atoms with E-state index in [1.165, 1.54) is 0 Å². The zero-order valence-electron chi connectivity index (χ0n) is 15.0. The van der Waals surface area contributed by atoms with Crippen molar-refractivity contribution in [1.82, 2.24) is 19.9 Å². The molecule has 3 heterocycles. The van der Waals surface area contributed by atoms with Crippen molar-refractivity contribution in [2.45, 2.75) is 26.3 Å². The summed E-state index contributed by atoms with van der Waals surface area (Å²) in [4.78, 5) is 21.3. The second-order valence-corrected chi connectivity index (χ2v) is 6.47. The standard InChI is InChI=1S/C18H22N4O4/c1-3-16-19-17(26-20-16)12(2)21-6-8-22(9-7-21)18(23)13-4-5-14-15(10-13)25-11-24-14/h4-5,10,12H,3,6-9,11H2,1-2H3. The molecule has 2 aliphatic heterocycles. The second-order valence-electron chi connectivity index (χ2n) is 6.47. The van der Waals surface area contributed by atoms with E-state index in [-0.39, 0.29) is 18.7 Å². The Hall–Kier alpha value is -2.61. The molecule has 2 aromatic rings. The third kappa shape index (κ3) is 3.12. The normalized spacial score (nSPS) is 18.2. The molecule has 0 saturated carbocycles. The molecule has 8 heteroatoms. The maximum Gasteiger partial charge on any atom is 0.254 e. The summed E-state index contributed by atoms with van der Waals surface area (Å²) in [6.45, 7) is 7.11. The molecule has 1 aromatic heterocycles. The van der Waals surface area contributed by atoms with Gasteiger partial charge in [-0.1, -0.05) is 12.1 Å². The maximum absolute atomic E-state index is 12.8. The van der Waals surface area contributed by atoms with E-state index in [9.17, 15) is 4.79 Å². The first kappa shape index (κ1) is 16.8. The van der Waals surface area contributed by atoms with Gasteiger partial charge in [0.25, 0.3) is 5.91 Å². The molecular formula is C18H22N4O4. The number of ether oxygens (including phenoxy) is 2. The number of nitrogens with zero attached hydrogens (tertiary/aromatic N) is 4. The van der Waals surface area contributed by atoms with E-state index in [0.29, 0.717) is 36.0 Å². The maximum atomic E-state index is 12.8. The van der Waals surface area contributed by atoms with Gasteiger partial charge in [0.15, 0.2) is 17.3 Å². The minimum Gasteiger partial charge on any atom is -0.454 e. The van der Waals surface area contributed by atoms with Gasteiger partial charge >= 0.3 is 0 Å². The Morgan fingerprint density at radius 2 is 1.96 bits per heavy atom. The van der Waals surface area contributed by atoms with E-state index >= 15 is 0 Å². The van der Waals surface area contributed by atoms with Crippen LogP contribution < -0.4 is 9.47 Å². The average Bonchev–Trinajstić information content (AvgIpc) is 3.35. The molecule has 0 radical (unpaired) electrons. The highest BCUT2D eigenvalue weighted by atomic mass is 16.7. The van der Waals surface area contributed by atoms with Crippen molar-refractivity contribution >= 4 is 5.91 Å². The number of rotatable bonds is 4. The van der Waals surface area contributed by atoms with Crippen LogP contribution in [0.25, 0.3) is 0 Å². The summed E-state index contributed by atoms with van der Waals surface area (Å²) in [5.74, 6) is 2.69. The van der Waals surface area contributed by atoms with Crippen LogP contribution in [-0.2, 0) is 6.42 Å². The minimum atomic E-state index is 0.0154. The lowest BCUT2D eigenvalue weighted by atomic mass is 10.1. The number of hydrogen-bond acceptors (Lipinski definition) is 7. The number of carbonyl (C=O) groups is 1. The van der Waals surface area contributed by atoms with Crippen LogP contribution in [0.15, 0.2) is 22.7 Å². The Labute approximate surface area is 151 Å². The number of benzene rings is 1. The third-order valence-corrected chi connectivity index (χ3v) is 4.93. The summed E-state index contributed by atoms with van der Waals surface area (Å²) in [6.07, 6.45) is 0.758. The van der Waals surface area contributed by atoms with E-state index in [1.807, 2.05) is 11.8 Å². The lowest BCUT2D eigenvalue weighted by Crippen LogP contribution is -2.49. The van der Waals surface area contributed by atoms with Gasteiger partial charge in [0.1, 0.15) is 0 Å². The summed E-state index contributed by atoms with van der Waals surface area (Å²) in [5, 5.41) is 3.96. The molecule has 0 spiro atoms. The van der Waals surface area contributed by atoms with Crippen molar-refractivity contribution in [3.8, 4) is 11.5 Å². The van der Waals surface area contributed by atoms with Gasteiger partial charge in [0.2, 0.25) is 12.7 Å². The molecule has 26 heavy (non-hydrogen) atoms. The number of fused-ring (bicyclic) bond motifs is 1. The molecule has 0 aliphatic carbocycles. The quantitative estimate of drug-likeness (QED) is 0.825. The van der Waals surface area contributed by atoms with Crippen LogP contribution in [0.1, 0.15) is 42.0 Å². The van der Waals surface area contributed by atoms with Crippen LogP contribution in [0.3, 0.4) is 0 Å². The number of piperazine rings is 1. The Kier molecular flexibility index (Phi) is 4.50. The second kappa shape index (κ2) is 6.95. The number of amides is 1. The van der Waals surface area contributed by atoms with Gasteiger partial charge in [0.05, 0.1) is 6.04 Å². The van der Waals surface area contributed by atoms with Crippen LogP contribution in [0.5, 0.6) is 11.5 Å². The van der Waals surface area contributed by atoms with Crippen molar-refractivity contribution in [1.29, 1.82) is 0 Å². The van der Waals surface area contributed by atoms with Crippen LogP contribution in [0.4, 0.5) is 0 Å². The van der Waals surface area contributed by atoms with Crippen molar-refractivity contribution in [3.63, 3.8) is 0 Å². The Morgan fingerprint density at radius 3 is 2.69 bits per heavy atom. The minimum absolute atomic E-state index is 0.0154. The van der Waals surface area contributed by atoms with Crippen molar-refractivity contribution in [2.75, 3.05) is 33.0 Å². The Balaban J connectivity index is 1.37. The molecule has 2 aliphatic rings. The van der Waals surface area contributed by atoms with Crippen LogP contribution in [0, 0.1) is 0 Å². The predicted molar refractivity (Wildman–Crippen MR) is 92.1 cm³/mol. The highest BCUT2D eigenvalue weighted by Gasteiger charge is 2.28. The van der Waals surface area contributed by atoms with E-state index in [1.54, 1.807) is 18.2 Å². The van der Waals surface area contributed by atoms with Crippen LogP contribution in [0.2, 0.25) is 0 Å². The molecular weight excluding hydrogens is 336 g/mol. The van der Waals surface area contributed by atoms with Gasteiger partial charge in [-0.25, -0.2) is 0 Å². The predicted octanol–water partition coefficient (Wildman–Crippen LogP) is 1.88. The lowest BCUT2D eigenvalue weighted by Gasteiger charge is -2.36. The topological polar surface area (TPSA) is 80.9 Å². The SMILES string of the molecule is CCc1noc(C(C)N2CCN(C(=O)c3ccc4c(c3)OCO4)CC2)n1. The molecule has 0 N–H and O–H groups in total. The molecule has 4 rings (SSSR count). The Bertz CT molecular complexity index is 798. The zero-order valence-corrected chi connectivity index (χ0v) is 15.0. The first-order valence-electron chi connectivity index (χ1n) is 8.91. The number of carbonyl (C=O) groups excluding carboxylic acids is 1. The van der Waals surface area contributed by atoms with E-state index in [2.05, 4.69) is 22.0 Å². The van der Waals surface area contributed by atoms with Gasteiger partial charge in [-0.3, -0.25) is 9.69 Å². The molecule has 1 amide bonds. The fourth-order valence-electron chi connectivity index (χ4n) is 3.26. The monoisotopic (exact) mass is 358 g/mol. The molecule has 1 fully saturated rings. The van der Waals surface area contributed by atoms with E-state index < -0.39 is 0 Å². The first-order chi connectivity index (χ1) is 12.7. The largest absolute Gasteiger partial charge is 0.454 e. The lowest BCUT2D eigenvalue weighted by molar-refractivity contribution is 0.0551. The summed E-state index contributed by atoms with van der Waals surface area (Å²) in [6, 6.07) is 5.37. The Morgan fingerprint density at radius 1 is 1.19 bits per heavy atom. The van der Waals surface area contributed by atoms with Crippen molar-refractivity contribution < 1.29 is 18.8 Å². The highest BCUT2D eigenvalue weighted by molar-refractivity contribution is 5.95. The third-order valence-electron chi connectivity index (χ3n) is 4.93. The van der Waals surface area contributed by atoms with Crippen molar-refractivity contribution in [3.05, 3.63) is 35.5 Å². The average molecular weight is 358 g/mol. The molecule has 1 unspecified atom stereocenters. The zero-order chi connectivity index (χ0) is 18.1. The summed E-state index contributed by atoms with van der Waals surface area (Å²) in [7, 11) is 0. The van der Waals surface area contributed by atoms with Gasteiger partial charge in [-0.15, -0.1) is 0 Å². The first-order valence-corrected chi connectivity index (χ1v) is 8.91. The molecule has 1 atom stereocenters. The fraction of sp³-hybridized carbons (Fsp3) is 0.500.